The maximum atomic E-state index is 4.23. The van der Waals surface area contributed by atoms with E-state index < -0.39 is 0 Å². The van der Waals surface area contributed by atoms with Crippen LogP contribution in [0, 0.1) is 0 Å². The molecule has 1 aromatic rings. The first-order chi connectivity index (χ1) is 6.36. The lowest BCUT2D eigenvalue weighted by molar-refractivity contribution is 0.511. The second kappa shape index (κ2) is 3.46. The van der Waals surface area contributed by atoms with Crippen molar-refractivity contribution in [3.05, 3.63) is 11.6 Å². The van der Waals surface area contributed by atoms with E-state index in [1.807, 2.05) is 7.05 Å². The Bertz CT molecular complexity index is 288. The minimum atomic E-state index is 0.361. The van der Waals surface area contributed by atoms with Gasteiger partial charge in [0.15, 0.2) is 0 Å². The first kappa shape index (κ1) is 8.69. The summed E-state index contributed by atoms with van der Waals surface area (Å²) in [5.41, 5.74) is 0. The molecule has 4 heteroatoms. The van der Waals surface area contributed by atoms with E-state index in [0.29, 0.717) is 6.04 Å². The molecule has 0 saturated carbocycles. The van der Waals surface area contributed by atoms with Gasteiger partial charge in [-0.1, -0.05) is 6.92 Å². The van der Waals surface area contributed by atoms with Crippen molar-refractivity contribution in [2.75, 3.05) is 7.05 Å². The topological polar surface area (TPSA) is 42.7 Å². The number of aryl methyl sites for hydroxylation is 1. The normalized spacial score (nSPS) is 17.4. The van der Waals surface area contributed by atoms with Crippen LogP contribution in [-0.2, 0) is 13.0 Å². The molecule has 0 aliphatic carbocycles. The second-order valence-corrected chi connectivity index (χ2v) is 3.48. The molecule has 1 aromatic heterocycles. The molecule has 13 heavy (non-hydrogen) atoms. The summed E-state index contributed by atoms with van der Waals surface area (Å²) in [6.45, 7) is 3.26. The van der Waals surface area contributed by atoms with Crippen LogP contribution in [0.25, 0.3) is 0 Å². The van der Waals surface area contributed by atoms with E-state index in [4.69, 9.17) is 0 Å². The molecule has 72 valence electrons. The van der Waals surface area contributed by atoms with Crippen LogP contribution in [0.5, 0.6) is 0 Å². The molecule has 0 aromatic carbocycles. The molecule has 1 unspecified atom stereocenters. The average molecular weight is 180 g/mol. The fraction of sp³-hybridized carbons (Fsp3) is 0.778. The molecule has 0 radical (unpaired) electrons. The van der Waals surface area contributed by atoms with Crippen LogP contribution < -0.4 is 5.32 Å². The average Bonchev–Trinajstić information content (AvgIpc) is 2.70. The zero-order valence-corrected chi connectivity index (χ0v) is 8.25. The SMILES string of the molecule is CCC(NC)c1nnc2n1CCC2. The van der Waals surface area contributed by atoms with Gasteiger partial charge >= 0.3 is 0 Å². The smallest absolute Gasteiger partial charge is 0.150 e. The van der Waals surface area contributed by atoms with Crippen molar-refractivity contribution in [3.63, 3.8) is 0 Å². The standard InChI is InChI=1S/C9H16N4/c1-3-7(10-2)9-12-11-8-5-4-6-13(8)9/h7,10H,3-6H2,1-2H3. The Morgan fingerprint density at radius 3 is 3.08 bits per heavy atom. The monoisotopic (exact) mass is 180 g/mol. The Kier molecular flexibility index (Phi) is 2.31. The van der Waals surface area contributed by atoms with Crippen molar-refractivity contribution in [1.82, 2.24) is 20.1 Å². The van der Waals surface area contributed by atoms with Crippen molar-refractivity contribution in [1.29, 1.82) is 0 Å². The van der Waals surface area contributed by atoms with E-state index in [9.17, 15) is 0 Å². The molecule has 1 atom stereocenters. The van der Waals surface area contributed by atoms with Gasteiger partial charge in [0.05, 0.1) is 6.04 Å². The van der Waals surface area contributed by atoms with Gasteiger partial charge in [-0.15, -0.1) is 10.2 Å². The Labute approximate surface area is 78.4 Å². The number of nitrogens with zero attached hydrogens (tertiary/aromatic N) is 3. The lowest BCUT2D eigenvalue weighted by atomic mass is 10.2. The Balaban J connectivity index is 2.29. The summed E-state index contributed by atoms with van der Waals surface area (Å²) >= 11 is 0. The van der Waals surface area contributed by atoms with Crippen molar-refractivity contribution in [3.8, 4) is 0 Å². The summed E-state index contributed by atoms with van der Waals surface area (Å²) in [7, 11) is 1.98. The van der Waals surface area contributed by atoms with E-state index in [1.165, 1.54) is 6.42 Å². The summed E-state index contributed by atoms with van der Waals surface area (Å²) in [5, 5.41) is 11.7. The van der Waals surface area contributed by atoms with Gasteiger partial charge in [-0.3, -0.25) is 0 Å². The lowest BCUT2D eigenvalue weighted by Crippen LogP contribution is -2.19. The molecule has 1 aliphatic rings. The second-order valence-electron chi connectivity index (χ2n) is 3.48. The molecule has 0 bridgehead atoms. The van der Waals surface area contributed by atoms with Gasteiger partial charge in [-0.05, 0) is 19.9 Å². The van der Waals surface area contributed by atoms with Gasteiger partial charge in [0, 0.05) is 13.0 Å². The number of fused-ring (bicyclic) bond motifs is 1. The van der Waals surface area contributed by atoms with Crippen LogP contribution in [0.15, 0.2) is 0 Å². The van der Waals surface area contributed by atoms with Crippen molar-refractivity contribution in [2.45, 2.75) is 38.8 Å². The van der Waals surface area contributed by atoms with Gasteiger partial charge in [0.2, 0.25) is 0 Å². The first-order valence-electron chi connectivity index (χ1n) is 4.96. The summed E-state index contributed by atoms with van der Waals surface area (Å²) < 4.78 is 2.25. The van der Waals surface area contributed by atoms with Crippen LogP contribution in [0.4, 0.5) is 0 Å². The minimum absolute atomic E-state index is 0.361. The molecule has 2 rings (SSSR count). The molecule has 1 N–H and O–H groups in total. The van der Waals surface area contributed by atoms with Gasteiger partial charge in [0.1, 0.15) is 11.6 Å². The summed E-state index contributed by atoms with van der Waals surface area (Å²) in [5.74, 6) is 2.26. The van der Waals surface area contributed by atoms with Crippen molar-refractivity contribution < 1.29 is 0 Å². The van der Waals surface area contributed by atoms with Crippen LogP contribution in [-0.4, -0.2) is 21.8 Å². The zero-order chi connectivity index (χ0) is 9.26. The van der Waals surface area contributed by atoms with Crippen LogP contribution in [0.2, 0.25) is 0 Å². The number of hydrogen-bond acceptors (Lipinski definition) is 3. The van der Waals surface area contributed by atoms with E-state index in [-0.39, 0.29) is 0 Å². The molecule has 0 fully saturated rings. The number of nitrogens with one attached hydrogen (secondary N) is 1. The fourth-order valence-corrected chi connectivity index (χ4v) is 1.95. The molecule has 0 amide bonds. The maximum Gasteiger partial charge on any atom is 0.150 e. The molecular formula is C9H16N4. The fourth-order valence-electron chi connectivity index (χ4n) is 1.95. The van der Waals surface area contributed by atoms with E-state index >= 15 is 0 Å². The van der Waals surface area contributed by atoms with Gasteiger partial charge < -0.3 is 9.88 Å². The maximum absolute atomic E-state index is 4.23. The van der Waals surface area contributed by atoms with Crippen LogP contribution in [0.1, 0.15) is 37.5 Å². The van der Waals surface area contributed by atoms with Crippen LogP contribution >= 0.6 is 0 Å². The molecule has 1 aliphatic heterocycles. The highest BCUT2D eigenvalue weighted by atomic mass is 15.3. The predicted molar refractivity (Wildman–Crippen MR) is 50.4 cm³/mol. The summed E-state index contributed by atoms with van der Waals surface area (Å²) in [6.07, 6.45) is 3.37. The largest absolute Gasteiger partial charge is 0.314 e. The first-order valence-corrected chi connectivity index (χ1v) is 4.96. The van der Waals surface area contributed by atoms with Crippen molar-refractivity contribution in [2.24, 2.45) is 0 Å². The van der Waals surface area contributed by atoms with Crippen LogP contribution in [0.3, 0.4) is 0 Å². The summed E-state index contributed by atoms with van der Waals surface area (Å²) in [4.78, 5) is 0. The van der Waals surface area contributed by atoms with Gasteiger partial charge in [0.25, 0.3) is 0 Å². The van der Waals surface area contributed by atoms with Gasteiger partial charge in [-0.2, -0.15) is 0 Å². The summed E-state index contributed by atoms with van der Waals surface area (Å²) in [6, 6.07) is 0.361. The Morgan fingerprint density at radius 1 is 1.54 bits per heavy atom. The van der Waals surface area contributed by atoms with E-state index in [0.717, 1.165) is 31.0 Å². The molecule has 2 heterocycles. The molecule has 0 saturated heterocycles. The van der Waals surface area contributed by atoms with Gasteiger partial charge in [-0.25, -0.2) is 0 Å². The third kappa shape index (κ3) is 1.35. The van der Waals surface area contributed by atoms with E-state index in [1.54, 1.807) is 0 Å². The third-order valence-electron chi connectivity index (χ3n) is 2.71. The lowest BCUT2D eigenvalue weighted by Gasteiger charge is -2.12. The third-order valence-corrected chi connectivity index (χ3v) is 2.71. The Morgan fingerprint density at radius 2 is 2.38 bits per heavy atom. The molecular weight excluding hydrogens is 164 g/mol. The quantitative estimate of drug-likeness (QED) is 0.751. The number of aromatic nitrogens is 3. The zero-order valence-electron chi connectivity index (χ0n) is 8.25. The Hall–Kier alpha value is -0.900. The van der Waals surface area contributed by atoms with Crippen molar-refractivity contribution >= 4 is 0 Å². The molecule has 0 spiro atoms. The van der Waals surface area contributed by atoms with E-state index in [2.05, 4.69) is 27.0 Å². The highest BCUT2D eigenvalue weighted by molar-refractivity contribution is 5.04. The molecule has 4 nitrogen and oxygen atoms in total. The predicted octanol–water partition coefficient (Wildman–Crippen LogP) is 0.895. The number of rotatable bonds is 3. The highest BCUT2D eigenvalue weighted by Crippen LogP contribution is 2.20. The highest BCUT2D eigenvalue weighted by Gasteiger charge is 2.21. The number of hydrogen-bond donors (Lipinski definition) is 1. The minimum Gasteiger partial charge on any atom is -0.314 e.